The maximum atomic E-state index is 12.3. The summed E-state index contributed by atoms with van der Waals surface area (Å²) >= 11 is 3.16. The van der Waals surface area contributed by atoms with E-state index in [-0.39, 0.29) is 5.91 Å². The predicted molar refractivity (Wildman–Crippen MR) is 87.5 cm³/mol. The molecule has 0 spiro atoms. The quantitative estimate of drug-likeness (QED) is 0.877. The molecule has 0 aliphatic rings. The van der Waals surface area contributed by atoms with Gasteiger partial charge in [0.25, 0.3) is 5.91 Å². The van der Waals surface area contributed by atoms with Gasteiger partial charge in [-0.15, -0.1) is 23.1 Å². The Balaban J connectivity index is 2.06. The highest BCUT2D eigenvalue weighted by Crippen LogP contribution is 2.25. The van der Waals surface area contributed by atoms with Crippen LogP contribution in [0.4, 0.5) is 5.69 Å². The number of nitrogens with two attached hydrogens (primary N) is 1. The predicted octanol–water partition coefficient (Wildman–Crippen LogP) is 3.63. The van der Waals surface area contributed by atoms with Gasteiger partial charge in [-0.3, -0.25) is 4.79 Å². The fraction of sp³-hybridized carbons (Fsp3) is 0.267. The highest BCUT2D eigenvalue weighted by Gasteiger charge is 2.15. The molecule has 1 heterocycles. The molecular formula is C15H18N2OS2. The Kier molecular flexibility index (Phi) is 4.73. The number of hydrogen-bond acceptors (Lipinski definition) is 4. The van der Waals surface area contributed by atoms with E-state index in [1.54, 1.807) is 22.7 Å². The Morgan fingerprint density at radius 2 is 2.00 bits per heavy atom. The van der Waals surface area contributed by atoms with Gasteiger partial charge >= 0.3 is 0 Å². The number of hydrogen-bond donors (Lipinski definition) is 1. The largest absolute Gasteiger partial charge is 0.398 e. The molecular weight excluding hydrogens is 288 g/mol. The molecule has 3 nitrogen and oxygen atoms in total. The van der Waals surface area contributed by atoms with Gasteiger partial charge in [-0.25, -0.2) is 0 Å². The molecule has 1 aromatic carbocycles. The van der Waals surface area contributed by atoms with E-state index in [1.807, 2.05) is 20.2 Å². The maximum absolute atomic E-state index is 12.3. The zero-order valence-corrected chi connectivity index (χ0v) is 13.5. The van der Waals surface area contributed by atoms with Gasteiger partial charge < -0.3 is 10.6 Å². The number of rotatable bonds is 4. The van der Waals surface area contributed by atoms with Crippen LogP contribution in [-0.2, 0) is 6.54 Å². The Morgan fingerprint density at radius 3 is 2.50 bits per heavy atom. The van der Waals surface area contributed by atoms with Crippen LogP contribution in [0.15, 0.2) is 35.2 Å². The highest BCUT2D eigenvalue weighted by molar-refractivity contribution is 7.98. The van der Waals surface area contributed by atoms with Crippen LogP contribution in [0.3, 0.4) is 0 Å². The summed E-state index contributed by atoms with van der Waals surface area (Å²) in [6, 6.07) is 10.0. The lowest BCUT2D eigenvalue weighted by atomic mass is 10.2. The topological polar surface area (TPSA) is 46.3 Å². The summed E-state index contributed by atoms with van der Waals surface area (Å²) in [7, 11) is 1.82. The summed E-state index contributed by atoms with van der Waals surface area (Å²) in [5.41, 5.74) is 7.62. The van der Waals surface area contributed by atoms with Gasteiger partial charge in [0, 0.05) is 29.1 Å². The van der Waals surface area contributed by atoms with Gasteiger partial charge in [-0.05, 0) is 36.9 Å². The smallest absolute Gasteiger partial charge is 0.264 e. The van der Waals surface area contributed by atoms with E-state index in [2.05, 4.69) is 24.3 Å². The third kappa shape index (κ3) is 3.35. The molecule has 0 saturated heterocycles. The van der Waals surface area contributed by atoms with E-state index in [4.69, 9.17) is 5.73 Å². The van der Waals surface area contributed by atoms with E-state index in [0.29, 0.717) is 17.1 Å². The molecule has 0 saturated carbocycles. The fourth-order valence-corrected chi connectivity index (χ4v) is 3.21. The zero-order chi connectivity index (χ0) is 14.7. The van der Waals surface area contributed by atoms with Crippen LogP contribution in [0.5, 0.6) is 0 Å². The number of benzene rings is 1. The molecule has 1 aromatic heterocycles. The van der Waals surface area contributed by atoms with Gasteiger partial charge in [0.2, 0.25) is 0 Å². The SMILES string of the molecule is CSc1ccc(CN(C)C(=O)c2cc(N)c(C)s2)cc1. The molecule has 0 atom stereocenters. The third-order valence-electron chi connectivity index (χ3n) is 3.09. The second kappa shape index (κ2) is 6.33. The zero-order valence-electron chi connectivity index (χ0n) is 11.8. The average molecular weight is 306 g/mol. The molecule has 0 unspecified atom stereocenters. The van der Waals surface area contributed by atoms with Crippen LogP contribution in [-0.4, -0.2) is 24.1 Å². The van der Waals surface area contributed by atoms with Gasteiger partial charge in [-0.1, -0.05) is 12.1 Å². The molecule has 2 aromatic rings. The van der Waals surface area contributed by atoms with E-state index >= 15 is 0 Å². The number of nitrogen functional groups attached to an aromatic ring is 1. The lowest BCUT2D eigenvalue weighted by Crippen LogP contribution is -2.25. The fourth-order valence-electron chi connectivity index (χ4n) is 1.87. The molecule has 2 rings (SSSR count). The van der Waals surface area contributed by atoms with Crippen LogP contribution >= 0.6 is 23.1 Å². The molecule has 20 heavy (non-hydrogen) atoms. The first-order valence-corrected chi connectivity index (χ1v) is 8.29. The van der Waals surface area contributed by atoms with Gasteiger partial charge in [-0.2, -0.15) is 0 Å². The number of carbonyl (C=O) groups is 1. The Bertz CT molecular complexity index is 585. The van der Waals surface area contributed by atoms with Crippen molar-refractivity contribution in [3.8, 4) is 0 Å². The monoisotopic (exact) mass is 306 g/mol. The molecule has 1 amide bonds. The lowest BCUT2D eigenvalue weighted by Gasteiger charge is -2.16. The summed E-state index contributed by atoms with van der Waals surface area (Å²) in [6.45, 7) is 2.53. The first-order chi connectivity index (χ1) is 9.51. The minimum atomic E-state index is 0.0174. The van der Waals surface area contributed by atoms with Gasteiger partial charge in [0.1, 0.15) is 0 Å². The molecule has 0 aliphatic heterocycles. The van der Waals surface area contributed by atoms with Crippen molar-refractivity contribution >= 4 is 34.7 Å². The second-order valence-corrected chi connectivity index (χ2v) is 6.77. The number of nitrogens with zero attached hydrogens (tertiary/aromatic N) is 1. The number of thiophene rings is 1. The average Bonchev–Trinajstić information content (AvgIpc) is 2.78. The first kappa shape index (κ1) is 14.9. The van der Waals surface area contributed by atoms with Crippen molar-refractivity contribution in [3.05, 3.63) is 45.6 Å². The normalized spacial score (nSPS) is 10.6. The lowest BCUT2D eigenvalue weighted by molar-refractivity contribution is 0.0790. The van der Waals surface area contributed by atoms with E-state index in [9.17, 15) is 4.79 Å². The van der Waals surface area contributed by atoms with E-state index < -0.39 is 0 Å². The minimum absolute atomic E-state index is 0.0174. The summed E-state index contributed by atoms with van der Waals surface area (Å²) in [6.07, 6.45) is 2.05. The van der Waals surface area contributed by atoms with Crippen LogP contribution < -0.4 is 5.73 Å². The standard InChI is InChI=1S/C15H18N2OS2/c1-10-13(16)8-14(20-10)15(18)17(2)9-11-4-6-12(19-3)7-5-11/h4-8H,9,16H2,1-3H3. The molecule has 2 N–H and O–H groups in total. The Morgan fingerprint density at radius 1 is 1.35 bits per heavy atom. The molecule has 0 fully saturated rings. The number of thioether (sulfide) groups is 1. The first-order valence-electron chi connectivity index (χ1n) is 6.25. The minimum Gasteiger partial charge on any atom is -0.398 e. The molecule has 0 aliphatic carbocycles. The molecule has 0 bridgehead atoms. The van der Waals surface area contributed by atoms with Crippen LogP contribution in [0, 0.1) is 6.92 Å². The highest BCUT2D eigenvalue weighted by atomic mass is 32.2. The van der Waals surface area contributed by atoms with Crippen molar-refractivity contribution in [1.82, 2.24) is 4.90 Å². The Hall–Kier alpha value is -1.46. The molecule has 5 heteroatoms. The van der Waals surface area contributed by atoms with Crippen LogP contribution in [0.1, 0.15) is 20.1 Å². The summed E-state index contributed by atoms with van der Waals surface area (Å²) < 4.78 is 0. The number of aryl methyl sites for hydroxylation is 1. The van der Waals surface area contributed by atoms with Crippen molar-refractivity contribution in [1.29, 1.82) is 0 Å². The number of amides is 1. The van der Waals surface area contributed by atoms with Gasteiger partial charge in [0.15, 0.2) is 0 Å². The summed E-state index contributed by atoms with van der Waals surface area (Å²) in [4.78, 5) is 17.0. The van der Waals surface area contributed by atoms with Crippen molar-refractivity contribution in [2.45, 2.75) is 18.4 Å². The molecule has 0 radical (unpaired) electrons. The summed E-state index contributed by atoms with van der Waals surface area (Å²) in [5, 5.41) is 0. The van der Waals surface area contributed by atoms with E-state index in [0.717, 1.165) is 10.4 Å². The van der Waals surface area contributed by atoms with Crippen molar-refractivity contribution < 1.29 is 4.79 Å². The van der Waals surface area contributed by atoms with Crippen LogP contribution in [0.2, 0.25) is 0 Å². The van der Waals surface area contributed by atoms with Crippen molar-refractivity contribution in [2.24, 2.45) is 0 Å². The third-order valence-corrected chi connectivity index (χ3v) is 4.89. The summed E-state index contributed by atoms with van der Waals surface area (Å²) in [5.74, 6) is 0.0174. The van der Waals surface area contributed by atoms with E-state index in [1.165, 1.54) is 16.2 Å². The number of anilines is 1. The number of carbonyl (C=O) groups excluding carboxylic acids is 1. The maximum Gasteiger partial charge on any atom is 0.264 e. The van der Waals surface area contributed by atoms with Gasteiger partial charge in [0.05, 0.1) is 4.88 Å². The van der Waals surface area contributed by atoms with Crippen LogP contribution in [0.25, 0.3) is 0 Å². The molecule has 106 valence electrons. The van der Waals surface area contributed by atoms with Crippen molar-refractivity contribution in [3.63, 3.8) is 0 Å². The second-order valence-electron chi connectivity index (χ2n) is 4.63. The Labute approximate surface area is 127 Å². The van der Waals surface area contributed by atoms with Crippen molar-refractivity contribution in [2.75, 3.05) is 19.0 Å².